The second-order valence-electron chi connectivity index (χ2n) is 4.82. The fourth-order valence-corrected chi connectivity index (χ4v) is 2.38. The van der Waals surface area contributed by atoms with Gasteiger partial charge < -0.3 is 5.73 Å². The molecule has 0 saturated carbocycles. The molecule has 22 heavy (non-hydrogen) atoms. The molecule has 6 heteroatoms. The van der Waals surface area contributed by atoms with Crippen molar-refractivity contribution in [3.8, 4) is 0 Å². The van der Waals surface area contributed by atoms with Crippen LogP contribution in [0.2, 0.25) is 0 Å². The second kappa shape index (κ2) is 5.29. The molecule has 0 aliphatic carbocycles. The van der Waals surface area contributed by atoms with Crippen molar-refractivity contribution in [3.63, 3.8) is 0 Å². The highest BCUT2D eigenvalue weighted by molar-refractivity contribution is 6.17. The molecule has 1 heterocycles. The molecule has 0 bridgehead atoms. The first-order valence-corrected chi connectivity index (χ1v) is 6.60. The van der Waals surface area contributed by atoms with Crippen molar-refractivity contribution in [1.82, 2.24) is 0 Å². The van der Waals surface area contributed by atoms with Crippen LogP contribution in [0.1, 0.15) is 16.7 Å². The summed E-state index contributed by atoms with van der Waals surface area (Å²) in [5.74, 6) is 0. The zero-order valence-corrected chi connectivity index (χ0v) is 11.4. The topological polar surface area (TPSA) is 50.7 Å². The lowest BCUT2D eigenvalue weighted by Gasteiger charge is -2.15. The molecule has 2 aromatic carbocycles. The van der Waals surface area contributed by atoms with E-state index in [1.165, 1.54) is 12.1 Å². The Morgan fingerprint density at radius 3 is 2.55 bits per heavy atom. The summed E-state index contributed by atoms with van der Waals surface area (Å²) < 4.78 is 39.7. The van der Waals surface area contributed by atoms with Gasteiger partial charge in [-0.25, -0.2) is 0 Å². The summed E-state index contributed by atoms with van der Waals surface area (Å²) >= 11 is 0. The lowest BCUT2D eigenvalue weighted by molar-refractivity contribution is -0.137. The van der Waals surface area contributed by atoms with E-state index in [4.69, 9.17) is 5.73 Å². The van der Waals surface area contributed by atoms with Crippen molar-refractivity contribution in [3.05, 3.63) is 59.2 Å². The molecule has 0 fully saturated rings. The van der Waals surface area contributed by atoms with E-state index in [1.807, 2.05) is 0 Å². The highest BCUT2D eigenvalue weighted by atomic mass is 19.4. The van der Waals surface area contributed by atoms with Crippen LogP contribution in [0.25, 0.3) is 0 Å². The minimum absolute atomic E-state index is 0.0346. The van der Waals surface area contributed by atoms with Crippen molar-refractivity contribution < 1.29 is 13.2 Å². The van der Waals surface area contributed by atoms with Crippen LogP contribution in [0.5, 0.6) is 0 Å². The van der Waals surface area contributed by atoms with Crippen LogP contribution in [-0.2, 0) is 6.18 Å². The minimum Gasteiger partial charge on any atom is -0.399 e. The summed E-state index contributed by atoms with van der Waals surface area (Å²) in [5, 5.41) is 0. The number of hydrogen-bond acceptors (Lipinski definition) is 3. The minimum atomic E-state index is -4.45. The smallest absolute Gasteiger partial charge is 0.399 e. The molecule has 0 spiro atoms. The third kappa shape index (κ3) is 2.59. The number of benzene rings is 2. The van der Waals surface area contributed by atoms with Crippen molar-refractivity contribution in [2.24, 2.45) is 9.98 Å². The Morgan fingerprint density at radius 2 is 1.77 bits per heavy atom. The van der Waals surface area contributed by atoms with Crippen molar-refractivity contribution in [2.45, 2.75) is 6.18 Å². The standard InChI is InChI=1S/C16H12F3N3/c17-16(18,19)13-4-2-1-3-11(13)15-12-9-10(20)5-6-14(12)21-7-8-22-15/h1-7,9H,8,20H2. The maximum Gasteiger partial charge on any atom is 0.417 e. The van der Waals surface area contributed by atoms with Gasteiger partial charge in [-0.1, -0.05) is 18.2 Å². The molecule has 3 rings (SSSR count). The number of nitrogen functional groups attached to an aromatic ring is 1. The third-order valence-electron chi connectivity index (χ3n) is 3.32. The summed E-state index contributed by atoms with van der Waals surface area (Å²) in [6, 6.07) is 10.3. The Labute approximate surface area is 125 Å². The largest absolute Gasteiger partial charge is 0.417 e. The Morgan fingerprint density at radius 1 is 1.00 bits per heavy atom. The Kier molecular flexibility index (Phi) is 3.44. The summed E-state index contributed by atoms with van der Waals surface area (Å²) in [6.07, 6.45) is -2.88. The number of hydrogen-bond donors (Lipinski definition) is 1. The number of nitrogens with two attached hydrogens (primary N) is 1. The summed E-state index contributed by atoms with van der Waals surface area (Å²) in [4.78, 5) is 8.48. The lowest BCUT2D eigenvalue weighted by atomic mass is 9.95. The van der Waals surface area contributed by atoms with Crippen LogP contribution >= 0.6 is 0 Å². The monoisotopic (exact) mass is 303 g/mol. The van der Waals surface area contributed by atoms with E-state index in [1.54, 1.807) is 30.5 Å². The van der Waals surface area contributed by atoms with Gasteiger partial charge in [0, 0.05) is 23.0 Å². The Balaban J connectivity index is 2.24. The van der Waals surface area contributed by atoms with E-state index < -0.39 is 11.7 Å². The lowest BCUT2D eigenvalue weighted by Crippen LogP contribution is -2.15. The number of alkyl halides is 3. The molecule has 112 valence electrons. The van der Waals surface area contributed by atoms with Gasteiger partial charge in [0.25, 0.3) is 0 Å². The number of halogens is 3. The molecule has 0 atom stereocenters. The molecule has 0 saturated heterocycles. The van der Waals surface area contributed by atoms with Gasteiger partial charge in [0.2, 0.25) is 0 Å². The van der Waals surface area contributed by atoms with Crippen LogP contribution < -0.4 is 5.73 Å². The third-order valence-corrected chi connectivity index (χ3v) is 3.32. The van der Waals surface area contributed by atoms with Gasteiger partial charge >= 0.3 is 6.18 Å². The Hall–Kier alpha value is -2.63. The van der Waals surface area contributed by atoms with Gasteiger partial charge in [0.1, 0.15) is 0 Å². The first-order chi connectivity index (χ1) is 10.5. The molecule has 0 amide bonds. The average molecular weight is 303 g/mol. The zero-order valence-electron chi connectivity index (χ0n) is 11.4. The first-order valence-electron chi connectivity index (χ1n) is 6.60. The average Bonchev–Trinajstić information content (AvgIpc) is 2.68. The van der Waals surface area contributed by atoms with Crippen molar-refractivity contribution in [1.29, 1.82) is 0 Å². The predicted octanol–water partition coefficient (Wildman–Crippen LogP) is 3.84. The molecule has 2 aromatic rings. The molecule has 0 radical (unpaired) electrons. The van der Waals surface area contributed by atoms with Gasteiger partial charge in [0.05, 0.1) is 23.5 Å². The van der Waals surface area contributed by atoms with E-state index in [-0.39, 0.29) is 17.8 Å². The molecule has 2 N–H and O–H groups in total. The van der Waals surface area contributed by atoms with E-state index in [0.29, 0.717) is 16.9 Å². The van der Waals surface area contributed by atoms with E-state index in [9.17, 15) is 13.2 Å². The van der Waals surface area contributed by atoms with Crippen molar-refractivity contribution in [2.75, 3.05) is 12.3 Å². The van der Waals surface area contributed by atoms with Gasteiger partial charge in [-0.05, 0) is 24.3 Å². The van der Waals surface area contributed by atoms with Crippen LogP contribution in [0.15, 0.2) is 52.4 Å². The quantitative estimate of drug-likeness (QED) is 0.799. The zero-order chi connectivity index (χ0) is 15.7. The maximum atomic E-state index is 13.2. The van der Waals surface area contributed by atoms with Crippen LogP contribution in [0.3, 0.4) is 0 Å². The molecule has 3 nitrogen and oxygen atoms in total. The summed E-state index contributed by atoms with van der Waals surface area (Å²) in [7, 11) is 0. The highest BCUT2D eigenvalue weighted by Gasteiger charge is 2.34. The SMILES string of the molecule is Nc1ccc2c(c1)C(c1ccccc1C(F)(F)F)=NCC=N2. The summed E-state index contributed by atoms with van der Waals surface area (Å²) in [5.41, 5.74) is 6.86. The number of aliphatic imine (C=N–C) groups is 2. The normalized spacial score (nSPS) is 14.2. The van der Waals surface area contributed by atoms with Crippen LogP contribution in [0.4, 0.5) is 24.5 Å². The number of fused-ring (bicyclic) bond motifs is 1. The van der Waals surface area contributed by atoms with Crippen molar-refractivity contribution >= 4 is 23.3 Å². The summed E-state index contributed by atoms with van der Waals surface area (Å²) in [6.45, 7) is 0.218. The predicted molar refractivity (Wildman–Crippen MR) is 81.0 cm³/mol. The molecule has 0 unspecified atom stereocenters. The number of nitrogens with zero attached hydrogens (tertiary/aromatic N) is 2. The van der Waals surface area contributed by atoms with E-state index >= 15 is 0 Å². The van der Waals surface area contributed by atoms with Gasteiger partial charge in [-0.3, -0.25) is 9.98 Å². The van der Waals surface area contributed by atoms with Crippen LogP contribution in [-0.4, -0.2) is 18.5 Å². The van der Waals surface area contributed by atoms with E-state index in [2.05, 4.69) is 9.98 Å². The fraction of sp³-hybridized carbons (Fsp3) is 0.125. The molecule has 1 aliphatic heterocycles. The van der Waals surface area contributed by atoms with Gasteiger partial charge in [0.15, 0.2) is 0 Å². The number of rotatable bonds is 1. The maximum absolute atomic E-state index is 13.2. The molecule has 1 aliphatic rings. The second-order valence-corrected chi connectivity index (χ2v) is 4.82. The Bertz CT molecular complexity index is 776. The molecular weight excluding hydrogens is 291 g/mol. The van der Waals surface area contributed by atoms with Crippen LogP contribution in [0, 0.1) is 0 Å². The number of anilines is 1. The van der Waals surface area contributed by atoms with Gasteiger partial charge in [-0.2, -0.15) is 13.2 Å². The first kappa shape index (κ1) is 14.3. The fourth-order valence-electron chi connectivity index (χ4n) is 2.38. The van der Waals surface area contributed by atoms with Gasteiger partial charge in [-0.15, -0.1) is 0 Å². The molecule has 0 aromatic heterocycles. The highest BCUT2D eigenvalue weighted by Crippen LogP contribution is 2.35. The molecular formula is C16H12F3N3. The van der Waals surface area contributed by atoms with E-state index in [0.717, 1.165) is 6.07 Å².